The van der Waals surface area contributed by atoms with Crippen LogP contribution in [0, 0.1) is 10.6 Å². The summed E-state index contributed by atoms with van der Waals surface area (Å²) >= 11 is 11.1. The number of aromatic amines is 1. The summed E-state index contributed by atoms with van der Waals surface area (Å²) in [6.07, 6.45) is 0. The highest BCUT2D eigenvalue weighted by atomic mass is 35.5. The number of hydrogen-bond donors (Lipinski definition) is 2. The molecule has 0 spiro atoms. The lowest BCUT2D eigenvalue weighted by molar-refractivity contribution is 0.628. The van der Waals surface area contributed by atoms with Crippen LogP contribution in [-0.2, 0) is 0 Å². The maximum Gasteiger partial charge on any atom is 0.200 e. The van der Waals surface area contributed by atoms with E-state index in [1.165, 1.54) is 12.1 Å². The first-order valence-electron chi connectivity index (χ1n) is 7.74. The summed E-state index contributed by atoms with van der Waals surface area (Å²) in [5.74, 6) is 0.0837. The number of nitrogens with two attached hydrogens (primary N) is 1. The maximum absolute atomic E-state index is 13.3. The molecule has 7 heteroatoms. The molecule has 4 aromatic rings. The minimum absolute atomic E-state index is 0.251. The number of pyridine rings is 1. The van der Waals surface area contributed by atoms with Crippen molar-refractivity contribution in [1.82, 2.24) is 15.0 Å². The van der Waals surface area contributed by atoms with E-state index in [0.29, 0.717) is 27.6 Å². The van der Waals surface area contributed by atoms with E-state index in [4.69, 9.17) is 29.6 Å². The van der Waals surface area contributed by atoms with Crippen molar-refractivity contribution in [2.45, 2.75) is 0 Å². The molecule has 0 fully saturated rings. The van der Waals surface area contributed by atoms with E-state index in [-0.39, 0.29) is 10.6 Å². The van der Waals surface area contributed by atoms with Crippen molar-refractivity contribution in [3.05, 3.63) is 70.2 Å². The SMILES string of the molecule is Nc1[nH]c(=S)nc2nc(-c3ccc(F)cc3)cc(-c3ccc(Cl)cc3)c12. The van der Waals surface area contributed by atoms with Gasteiger partial charge in [0.05, 0.1) is 11.1 Å². The van der Waals surface area contributed by atoms with Gasteiger partial charge in [0.2, 0.25) is 0 Å². The summed E-state index contributed by atoms with van der Waals surface area (Å²) in [7, 11) is 0. The Morgan fingerprint density at radius 1 is 0.962 bits per heavy atom. The van der Waals surface area contributed by atoms with Crippen LogP contribution in [0.25, 0.3) is 33.4 Å². The monoisotopic (exact) mass is 382 g/mol. The van der Waals surface area contributed by atoms with Gasteiger partial charge in [-0.2, -0.15) is 4.98 Å². The smallest absolute Gasteiger partial charge is 0.200 e. The molecule has 0 amide bonds. The Morgan fingerprint density at radius 3 is 2.31 bits per heavy atom. The van der Waals surface area contributed by atoms with Crippen molar-refractivity contribution in [2.75, 3.05) is 5.73 Å². The van der Waals surface area contributed by atoms with E-state index in [1.807, 2.05) is 18.2 Å². The Morgan fingerprint density at radius 2 is 1.62 bits per heavy atom. The molecule has 128 valence electrons. The number of fused-ring (bicyclic) bond motifs is 1. The number of nitrogens with one attached hydrogen (secondary N) is 1. The van der Waals surface area contributed by atoms with Gasteiger partial charge >= 0.3 is 0 Å². The molecule has 0 saturated carbocycles. The Balaban J connectivity index is 2.05. The fourth-order valence-electron chi connectivity index (χ4n) is 2.81. The van der Waals surface area contributed by atoms with E-state index in [9.17, 15) is 4.39 Å². The third-order valence-corrected chi connectivity index (χ3v) is 4.46. The van der Waals surface area contributed by atoms with Gasteiger partial charge in [-0.25, -0.2) is 9.37 Å². The Hall–Kier alpha value is -2.83. The largest absolute Gasteiger partial charge is 0.385 e. The summed E-state index contributed by atoms with van der Waals surface area (Å²) in [4.78, 5) is 11.8. The average Bonchev–Trinajstić information content (AvgIpc) is 2.61. The predicted octanol–water partition coefficient (Wildman–Crippen LogP) is 5.40. The molecule has 4 nitrogen and oxygen atoms in total. The van der Waals surface area contributed by atoms with Crippen LogP contribution in [0.5, 0.6) is 0 Å². The minimum Gasteiger partial charge on any atom is -0.385 e. The van der Waals surface area contributed by atoms with E-state index >= 15 is 0 Å². The molecule has 26 heavy (non-hydrogen) atoms. The molecule has 0 unspecified atom stereocenters. The Labute approximate surface area is 158 Å². The standard InChI is InChI=1S/C19H12ClFN4S/c20-12-5-1-10(2-6-12)14-9-15(11-3-7-13(21)8-4-11)23-18-16(14)17(22)24-19(26)25-18/h1-9H,(H3,22,23,24,25,26). The van der Waals surface area contributed by atoms with Crippen LogP contribution >= 0.6 is 23.8 Å². The molecule has 3 N–H and O–H groups in total. The lowest BCUT2D eigenvalue weighted by Crippen LogP contribution is -2.00. The number of anilines is 1. The lowest BCUT2D eigenvalue weighted by atomic mass is 10.00. The zero-order valence-electron chi connectivity index (χ0n) is 13.3. The van der Waals surface area contributed by atoms with Crippen LogP contribution < -0.4 is 5.73 Å². The van der Waals surface area contributed by atoms with Crippen LogP contribution in [0.1, 0.15) is 0 Å². The third kappa shape index (κ3) is 3.05. The van der Waals surface area contributed by atoms with Crippen molar-refractivity contribution in [2.24, 2.45) is 0 Å². The van der Waals surface area contributed by atoms with Crippen LogP contribution in [0.2, 0.25) is 5.02 Å². The van der Waals surface area contributed by atoms with Gasteiger partial charge in [0.1, 0.15) is 11.6 Å². The van der Waals surface area contributed by atoms with Gasteiger partial charge in [0.25, 0.3) is 0 Å². The van der Waals surface area contributed by atoms with E-state index in [0.717, 1.165) is 16.7 Å². The number of benzene rings is 2. The van der Waals surface area contributed by atoms with Crippen LogP contribution in [0.3, 0.4) is 0 Å². The first-order valence-corrected chi connectivity index (χ1v) is 8.52. The second-order valence-electron chi connectivity index (χ2n) is 5.72. The van der Waals surface area contributed by atoms with Gasteiger partial charge in [0.15, 0.2) is 10.4 Å². The molecule has 2 heterocycles. The van der Waals surface area contributed by atoms with Crippen molar-refractivity contribution < 1.29 is 4.39 Å². The van der Waals surface area contributed by atoms with E-state index in [1.54, 1.807) is 24.3 Å². The normalized spacial score (nSPS) is 11.0. The highest BCUT2D eigenvalue weighted by molar-refractivity contribution is 7.71. The molecule has 0 atom stereocenters. The highest BCUT2D eigenvalue weighted by Gasteiger charge is 2.14. The number of nitrogen functional groups attached to an aromatic ring is 1. The van der Waals surface area contributed by atoms with Crippen molar-refractivity contribution in [3.63, 3.8) is 0 Å². The zero-order chi connectivity index (χ0) is 18.3. The van der Waals surface area contributed by atoms with Gasteiger partial charge in [0, 0.05) is 10.6 Å². The second-order valence-corrected chi connectivity index (χ2v) is 6.55. The number of aromatic nitrogens is 3. The third-order valence-electron chi connectivity index (χ3n) is 4.01. The Kier molecular flexibility index (Phi) is 4.14. The lowest BCUT2D eigenvalue weighted by Gasteiger charge is -2.11. The minimum atomic E-state index is -0.308. The average molecular weight is 383 g/mol. The fraction of sp³-hybridized carbons (Fsp3) is 0. The van der Waals surface area contributed by atoms with E-state index in [2.05, 4.69) is 15.0 Å². The van der Waals surface area contributed by atoms with Gasteiger partial charge in [-0.1, -0.05) is 23.7 Å². The molecular formula is C19H12ClFN4S. The molecule has 2 aromatic heterocycles. The fourth-order valence-corrected chi connectivity index (χ4v) is 3.13. The number of nitrogens with zero attached hydrogens (tertiary/aromatic N) is 2. The number of halogens is 2. The summed E-state index contributed by atoms with van der Waals surface area (Å²) in [5.41, 5.74) is 9.74. The first kappa shape index (κ1) is 16.6. The number of rotatable bonds is 2. The Bertz CT molecular complexity index is 1170. The van der Waals surface area contributed by atoms with Crippen molar-refractivity contribution in [1.29, 1.82) is 0 Å². The van der Waals surface area contributed by atoms with Gasteiger partial charge in [-0.3, -0.25) is 0 Å². The summed E-state index contributed by atoms with van der Waals surface area (Å²) < 4.78 is 13.5. The summed E-state index contributed by atoms with van der Waals surface area (Å²) in [5, 5.41) is 1.31. The molecule has 0 aliphatic heterocycles. The quantitative estimate of drug-likeness (QED) is 0.456. The van der Waals surface area contributed by atoms with Crippen LogP contribution in [0.15, 0.2) is 54.6 Å². The second kappa shape index (κ2) is 6.48. The number of H-pyrrole nitrogens is 1. The van der Waals surface area contributed by atoms with Gasteiger partial charge < -0.3 is 10.7 Å². The summed E-state index contributed by atoms with van der Waals surface area (Å²) in [6.45, 7) is 0. The molecule has 0 aliphatic carbocycles. The summed E-state index contributed by atoms with van der Waals surface area (Å²) in [6, 6.07) is 15.4. The topological polar surface area (TPSA) is 67.6 Å². The van der Waals surface area contributed by atoms with Crippen LogP contribution in [0.4, 0.5) is 10.2 Å². The molecule has 0 saturated heterocycles. The predicted molar refractivity (Wildman–Crippen MR) is 105 cm³/mol. The zero-order valence-corrected chi connectivity index (χ0v) is 14.9. The maximum atomic E-state index is 13.3. The number of hydrogen-bond acceptors (Lipinski definition) is 4. The molecule has 2 aromatic carbocycles. The molecular weight excluding hydrogens is 371 g/mol. The van der Waals surface area contributed by atoms with Gasteiger partial charge in [-0.05, 0) is 65.8 Å². The molecule has 0 radical (unpaired) electrons. The first-order chi connectivity index (χ1) is 12.5. The van der Waals surface area contributed by atoms with Gasteiger partial charge in [-0.15, -0.1) is 0 Å². The van der Waals surface area contributed by atoms with Crippen molar-refractivity contribution in [3.8, 4) is 22.4 Å². The van der Waals surface area contributed by atoms with Crippen LogP contribution in [-0.4, -0.2) is 15.0 Å². The highest BCUT2D eigenvalue weighted by Crippen LogP contribution is 2.34. The van der Waals surface area contributed by atoms with E-state index < -0.39 is 0 Å². The molecule has 0 bridgehead atoms. The molecule has 0 aliphatic rings. The van der Waals surface area contributed by atoms with Crippen molar-refractivity contribution >= 4 is 40.7 Å². The molecule has 4 rings (SSSR count).